The van der Waals surface area contributed by atoms with Gasteiger partial charge in [0.1, 0.15) is 0 Å². The van der Waals surface area contributed by atoms with Gasteiger partial charge in [0.25, 0.3) is 5.91 Å². The number of likely N-dealkylation sites (N-methyl/N-ethyl adjacent to an activating group) is 1. The van der Waals surface area contributed by atoms with Crippen LogP contribution >= 0.6 is 0 Å². The lowest BCUT2D eigenvalue weighted by molar-refractivity contribution is -0.121. The second-order valence-electron chi connectivity index (χ2n) is 7.22. The Balaban J connectivity index is 2.52. The van der Waals surface area contributed by atoms with Crippen molar-refractivity contribution in [3.05, 3.63) is 35.4 Å². The van der Waals surface area contributed by atoms with Gasteiger partial charge in [0, 0.05) is 12.1 Å². The van der Waals surface area contributed by atoms with Crippen LogP contribution < -0.4 is 10.6 Å². The fourth-order valence-electron chi connectivity index (χ4n) is 2.25. The van der Waals surface area contributed by atoms with Crippen LogP contribution in [0.3, 0.4) is 0 Å². The Morgan fingerprint density at radius 3 is 2.21 bits per heavy atom. The van der Waals surface area contributed by atoms with E-state index < -0.39 is 0 Å². The molecule has 0 heterocycles. The highest BCUT2D eigenvalue weighted by atomic mass is 16.3. The zero-order valence-corrected chi connectivity index (χ0v) is 15.2. The molecule has 0 aromatic heterocycles. The Morgan fingerprint density at radius 2 is 1.75 bits per heavy atom. The quantitative estimate of drug-likeness (QED) is 0.687. The lowest BCUT2D eigenvalue weighted by Crippen LogP contribution is -2.47. The summed E-state index contributed by atoms with van der Waals surface area (Å²) in [5.74, 6) is -0.616. The average molecular weight is 335 g/mol. The van der Waals surface area contributed by atoms with Crippen molar-refractivity contribution in [2.24, 2.45) is 0 Å². The van der Waals surface area contributed by atoms with E-state index in [4.69, 9.17) is 0 Å². The topological polar surface area (TPSA) is 81.7 Å². The summed E-state index contributed by atoms with van der Waals surface area (Å²) in [6.07, 6.45) is 0. The van der Waals surface area contributed by atoms with Gasteiger partial charge in [0.2, 0.25) is 5.91 Å². The third-order valence-electron chi connectivity index (χ3n) is 3.59. The molecule has 6 heteroatoms. The molecular weight excluding hydrogens is 306 g/mol. The van der Waals surface area contributed by atoms with Gasteiger partial charge in [-0.3, -0.25) is 9.59 Å². The number of hydrogen-bond acceptors (Lipinski definition) is 4. The van der Waals surface area contributed by atoms with Gasteiger partial charge in [-0.2, -0.15) is 0 Å². The first-order valence-electron chi connectivity index (χ1n) is 8.07. The van der Waals surface area contributed by atoms with Crippen LogP contribution in [-0.2, 0) is 10.2 Å². The maximum atomic E-state index is 12.1. The Labute approximate surface area is 144 Å². The van der Waals surface area contributed by atoms with Crippen molar-refractivity contribution < 1.29 is 14.7 Å². The number of amides is 2. The molecule has 0 aliphatic carbocycles. The summed E-state index contributed by atoms with van der Waals surface area (Å²) in [7, 11) is 3.72. The predicted molar refractivity (Wildman–Crippen MR) is 95.0 cm³/mol. The van der Waals surface area contributed by atoms with Crippen molar-refractivity contribution in [1.82, 2.24) is 15.5 Å². The molecule has 0 aliphatic heterocycles. The van der Waals surface area contributed by atoms with Crippen LogP contribution in [0.2, 0.25) is 0 Å². The predicted octanol–water partition coefficient (Wildman–Crippen LogP) is 0.753. The zero-order chi connectivity index (χ0) is 18.3. The minimum atomic E-state index is -0.351. The number of benzene rings is 1. The number of nitrogens with one attached hydrogen (secondary N) is 2. The number of carbonyl (C=O) groups is 2. The summed E-state index contributed by atoms with van der Waals surface area (Å²) >= 11 is 0. The summed E-state index contributed by atoms with van der Waals surface area (Å²) < 4.78 is 0. The SMILES string of the molecule is CN(C)CC(CO)NC(=O)CNC(=O)c1ccc(C(C)(C)C)cc1. The molecule has 134 valence electrons. The molecule has 0 radical (unpaired) electrons. The lowest BCUT2D eigenvalue weighted by Gasteiger charge is -2.20. The van der Waals surface area contributed by atoms with E-state index in [9.17, 15) is 14.7 Å². The highest BCUT2D eigenvalue weighted by molar-refractivity contribution is 5.96. The molecule has 0 spiro atoms. The normalized spacial score (nSPS) is 12.8. The molecule has 0 fully saturated rings. The van der Waals surface area contributed by atoms with Crippen molar-refractivity contribution in [3.8, 4) is 0 Å². The van der Waals surface area contributed by atoms with Gasteiger partial charge < -0.3 is 20.6 Å². The van der Waals surface area contributed by atoms with Crippen LogP contribution in [-0.4, -0.2) is 61.7 Å². The fourth-order valence-corrected chi connectivity index (χ4v) is 2.25. The summed E-state index contributed by atoms with van der Waals surface area (Å²) in [6.45, 7) is 6.59. The first-order chi connectivity index (χ1) is 11.1. The van der Waals surface area contributed by atoms with E-state index >= 15 is 0 Å². The van der Waals surface area contributed by atoms with Crippen LogP contribution in [0, 0.1) is 0 Å². The van der Waals surface area contributed by atoms with Crippen molar-refractivity contribution in [2.45, 2.75) is 32.2 Å². The van der Waals surface area contributed by atoms with Crippen LogP contribution in [0.5, 0.6) is 0 Å². The summed E-state index contributed by atoms with van der Waals surface area (Å²) in [4.78, 5) is 25.8. The monoisotopic (exact) mass is 335 g/mol. The standard InChI is InChI=1S/C18H29N3O3/c1-18(2,3)14-8-6-13(7-9-14)17(24)19-10-16(23)20-15(12-22)11-21(4)5/h6-9,15,22H,10-12H2,1-5H3,(H,19,24)(H,20,23). The Morgan fingerprint density at radius 1 is 1.17 bits per heavy atom. The van der Waals surface area contributed by atoms with Gasteiger partial charge in [-0.15, -0.1) is 0 Å². The van der Waals surface area contributed by atoms with Gasteiger partial charge in [0.05, 0.1) is 19.2 Å². The molecular formula is C18H29N3O3. The number of hydrogen-bond donors (Lipinski definition) is 3. The molecule has 0 aliphatic rings. The first-order valence-corrected chi connectivity index (χ1v) is 8.07. The average Bonchev–Trinajstić information content (AvgIpc) is 2.50. The van der Waals surface area contributed by atoms with Crippen LogP contribution in [0.1, 0.15) is 36.7 Å². The molecule has 2 amide bonds. The Hall–Kier alpha value is -1.92. The van der Waals surface area contributed by atoms with E-state index in [0.29, 0.717) is 12.1 Å². The molecule has 1 unspecified atom stereocenters. The number of rotatable bonds is 7. The van der Waals surface area contributed by atoms with E-state index in [-0.39, 0.29) is 36.4 Å². The third-order valence-corrected chi connectivity index (χ3v) is 3.59. The van der Waals surface area contributed by atoms with E-state index in [1.165, 1.54) is 0 Å². The first kappa shape index (κ1) is 20.1. The maximum absolute atomic E-state index is 12.1. The highest BCUT2D eigenvalue weighted by Gasteiger charge is 2.16. The molecule has 0 bridgehead atoms. The van der Waals surface area contributed by atoms with Crippen molar-refractivity contribution in [1.29, 1.82) is 0 Å². The Bertz CT molecular complexity index is 548. The van der Waals surface area contributed by atoms with Crippen molar-refractivity contribution in [3.63, 3.8) is 0 Å². The van der Waals surface area contributed by atoms with E-state index in [2.05, 4.69) is 31.4 Å². The lowest BCUT2D eigenvalue weighted by atomic mass is 9.87. The molecule has 1 rings (SSSR count). The van der Waals surface area contributed by atoms with Crippen molar-refractivity contribution >= 4 is 11.8 Å². The van der Waals surface area contributed by atoms with E-state index in [0.717, 1.165) is 5.56 Å². The van der Waals surface area contributed by atoms with Crippen LogP contribution in [0.25, 0.3) is 0 Å². The Kier molecular flexibility index (Phi) is 7.38. The fraction of sp³-hybridized carbons (Fsp3) is 0.556. The smallest absolute Gasteiger partial charge is 0.251 e. The molecule has 6 nitrogen and oxygen atoms in total. The minimum Gasteiger partial charge on any atom is -0.394 e. The second kappa shape index (κ2) is 8.80. The minimum absolute atomic E-state index is 0.0284. The maximum Gasteiger partial charge on any atom is 0.251 e. The van der Waals surface area contributed by atoms with Crippen LogP contribution in [0.15, 0.2) is 24.3 Å². The van der Waals surface area contributed by atoms with Gasteiger partial charge in [0.15, 0.2) is 0 Å². The summed E-state index contributed by atoms with van der Waals surface area (Å²) in [6, 6.07) is 7.02. The molecule has 1 aromatic rings. The molecule has 1 aromatic carbocycles. The van der Waals surface area contributed by atoms with E-state index in [1.54, 1.807) is 12.1 Å². The highest BCUT2D eigenvalue weighted by Crippen LogP contribution is 2.22. The summed E-state index contributed by atoms with van der Waals surface area (Å²) in [5, 5.41) is 14.5. The number of aliphatic hydroxyl groups excluding tert-OH is 1. The number of carbonyl (C=O) groups excluding carboxylic acids is 2. The molecule has 3 N–H and O–H groups in total. The molecule has 1 atom stereocenters. The van der Waals surface area contributed by atoms with Crippen molar-refractivity contribution in [2.75, 3.05) is 33.8 Å². The zero-order valence-electron chi connectivity index (χ0n) is 15.2. The van der Waals surface area contributed by atoms with E-state index in [1.807, 2.05) is 31.1 Å². The van der Waals surface area contributed by atoms with Gasteiger partial charge in [-0.05, 0) is 37.2 Å². The number of nitrogens with zero attached hydrogens (tertiary/aromatic N) is 1. The van der Waals surface area contributed by atoms with Gasteiger partial charge in [-0.1, -0.05) is 32.9 Å². The molecule has 0 saturated heterocycles. The largest absolute Gasteiger partial charge is 0.394 e. The molecule has 24 heavy (non-hydrogen) atoms. The number of aliphatic hydroxyl groups is 1. The van der Waals surface area contributed by atoms with Crippen LogP contribution in [0.4, 0.5) is 0 Å². The van der Waals surface area contributed by atoms with Gasteiger partial charge >= 0.3 is 0 Å². The second-order valence-corrected chi connectivity index (χ2v) is 7.22. The summed E-state index contributed by atoms with van der Waals surface area (Å²) in [5.41, 5.74) is 1.69. The van der Waals surface area contributed by atoms with Gasteiger partial charge in [-0.25, -0.2) is 0 Å². The third kappa shape index (κ3) is 6.68. The molecule has 0 saturated carbocycles.